The van der Waals surface area contributed by atoms with E-state index in [9.17, 15) is 14.4 Å². The highest BCUT2D eigenvalue weighted by Crippen LogP contribution is 2.29. The second kappa shape index (κ2) is 12.0. The molecule has 1 atom stereocenters. The van der Waals surface area contributed by atoms with Gasteiger partial charge in [-0.05, 0) is 36.6 Å². The molecule has 0 radical (unpaired) electrons. The van der Waals surface area contributed by atoms with Gasteiger partial charge in [0.05, 0.1) is 22.1 Å². The Labute approximate surface area is 184 Å². The van der Waals surface area contributed by atoms with Crippen molar-refractivity contribution >= 4 is 41.0 Å². The summed E-state index contributed by atoms with van der Waals surface area (Å²) >= 11 is 12.0. The molecule has 0 aliphatic carbocycles. The maximum atomic E-state index is 11.8. The van der Waals surface area contributed by atoms with Crippen molar-refractivity contribution in [3.63, 3.8) is 0 Å². The molecule has 9 heteroatoms. The normalized spacial score (nSPS) is 12.4. The summed E-state index contributed by atoms with van der Waals surface area (Å²) in [6.07, 6.45) is 1.70. The summed E-state index contributed by atoms with van der Waals surface area (Å²) in [5.74, 6) is -2.72. The van der Waals surface area contributed by atoms with Gasteiger partial charge in [-0.1, -0.05) is 59.6 Å². The predicted molar refractivity (Wildman–Crippen MR) is 116 cm³/mol. The highest BCUT2D eigenvalue weighted by Gasteiger charge is 2.28. The first-order valence-electron chi connectivity index (χ1n) is 8.72. The number of rotatable bonds is 7. The Morgan fingerprint density at radius 2 is 1.57 bits per heavy atom. The van der Waals surface area contributed by atoms with E-state index in [-0.39, 0.29) is 12.5 Å². The summed E-state index contributed by atoms with van der Waals surface area (Å²) in [4.78, 5) is 30.9. The van der Waals surface area contributed by atoms with Crippen molar-refractivity contribution < 1.29 is 24.6 Å². The molecule has 160 valence electrons. The van der Waals surface area contributed by atoms with Crippen molar-refractivity contribution in [3.8, 4) is 0 Å². The lowest BCUT2D eigenvalue weighted by Gasteiger charge is -2.32. The largest absolute Gasteiger partial charge is 0.478 e. The van der Waals surface area contributed by atoms with Crippen LogP contribution < -0.4 is 11.1 Å². The summed E-state index contributed by atoms with van der Waals surface area (Å²) in [7, 11) is 0. The third kappa shape index (κ3) is 8.65. The van der Waals surface area contributed by atoms with Crippen LogP contribution in [0.3, 0.4) is 0 Å². The number of amides is 1. The lowest BCUT2D eigenvalue weighted by molar-refractivity contribution is -0.134. The van der Waals surface area contributed by atoms with E-state index in [1.54, 1.807) is 6.07 Å². The molecule has 0 aromatic heterocycles. The Kier molecular flexibility index (Phi) is 10.0. The minimum atomic E-state index is -1.26. The molecule has 0 heterocycles. The van der Waals surface area contributed by atoms with Gasteiger partial charge >= 0.3 is 11.9 Å². The fraction of sp³-hybridized carbons (Fsp3) is 0.190. The average molecular weight is 453 g/mol. The Bertz CT molecular complexity index is 903. The van der Waals surface area contributed by atoms with E-state index in [2.05, 4.69) is 5.32 Å². The van der Waals surface area contributed by atoms with Gasteiger partial charge in [0.25, 0.3) is 0 Å². The summed E-state index contributed by atoms with van der Waals surface area (Å²) in [6.45, 7) is 1.92. The van der Waals surface area contributed by atoms with Crippen LogP contribution in [0.5, 0.6) is 0 Å². The molecular formula is C21H22Cl2N2O5. The molecule has 0 aliphatic heterocycles. The van der Waals surface area contributed by atoms with Gasteiger partial charge in [0, 0.05) is 12.2 Å². The number of nitrogens with one attached hydrogen (secondary N) is 1. The second-order valence-corrected chi connectivity index (χ2v) is 7.20. The smallest absolute Gasteiger partial charge is 0.328 e. The Morgan fingerprint density at radius 3 is 2.03 bits per heavy atom. The molecule has 2 rings (SSSR count). The van der Waals surface area contributed by atoms with Gasteiger partial charge in [-0.3, -0.25) is 4.79 Å². The van der Waals surface area contributed by atoms with Crippen LogP contribution in [0.1, 0.15) is 18.1 Å². The molecule has 7 nitrogen and oxygen atoms in total. The van der Waals surface area contributed by atoms with Gasteiger partial charge in [0.2, 0.25) is 5.91 Å². The van der Waals surface area contributed by atoms with Gasteiger partial charge in [0.15, 0.2) is 0 Å². The second-order valence-electron chi connectivity index (χ2n) is 6.39. The van der Waals surface area contributed by atoms with E-state index in [1.807, 2.05) is 49.4 Å². The summed E-state index contributed by atoms with van der Waals surface area (Å²) in [5, 5.41) is 19.6. The number of carbonyl (C=O) groups is 3. The molecule has 1 unspecified atom stereocenters. The van der Waals surface area contributed by atoms with Crippen LogP contribution in [0, 0.1) is 0 Å². The number of carboxylic acid groups (broad SMARTS) is 2. The van der Waals surface area contributed by atoms with Gasteiger partial charge < -0.3 is 21.3 Å². The molecule has 0 saturated heterocycles. The predicted octanol–water partition coefficient (Wildman–Crippen LogP) is 3.24. The SMILES string of the molecule is CC(Cc1ccc(Cl)c(Cl)c1)(NC(=O)CN)c1ccccc1.O=C(O)/C=C\C(=O)O. The topological polar surface area (TPSA) is 130 Å². The van der Waals surface area contributed by atoms with Crippen molar-refractivity contribution in [2.24, 2.45) is 5.73 Å². The number of nitrogens with two attached hydrogens (primary N) is 1. The van der Waals surface area contributed by atoms with Crippen molar-refractivity contribution in [1.29, 1.82) is 0 Å². The molecule has 0 bridgehead atoms. The van der Waals surface area contributed by atoms with Gasteiger partial charge in [0.1, 0.15) is 0 Å². The molecule has 0 saturated carbocycles. The highest BCUT2D eigenvalue weighted by atomic mass is 35.5. The van der Waals surface area contributed by atoms with Gasteiger partial charge in [-0.15, -0.1) is 0 Å². The summed E-state index contributed by atoms with van der Waals surface area (Å²) in [5.41, 5.74) is 6.86. The molecule has 5 N–H and O–H groups in total. The maximum absolute atomic E-state index is 11.8. The van der Waals surface area contributed by atoms with Crippen LogP contribution in [-0.2, 0) is 26.3 Å². The molecule has 30 heavy (non-hydrogen) atoms. The summed E-state index contributed by atoms with van der Waals surface area (Å²) < 4.78 is 0. The first-order chi connectivity index (χ1) is 14.1. The number of hydrogen-bond acceptors (Lipinski definition) is 4. The van der Waals surface area contributed by atoms with Crippen LogP contribution in [-0.4, -0.2) is 34.6 Å². The first kappa shape index (κ1) is 25.2. The Balaban J connectivity index is 0.000000479. The van der Waals surface area contributed by atoms with Gasteiger partial charge in [-0.25, -0.2) is 9.59 Å². The quantitative estimate of drug-likeness (QED) is 0.477. The third-order valence-corrected chi connectivity index (χ3v) is 4.66. The summed E-state index contributed by atoms with van der Waals surface area (Å²) in [6, 6.07) is 15.3. The number of carbonyl (C=O) groups excluding carboxylic acids is 1. The molecular weight excluding hydrogens is 431 g/mol. The molecule has 0 spiro atoms. The highest BCUT2D eigenvalue weighted by molar-refractivity contribution is 6.42. The third-order valence-electron chi connectivity index (χ3n) is 3.92. The lowest BCUT2D eigenvalue weighted by Crippen LogP contribution is -2.47. The molecule has 2 aromatic carbocycles. The Hall–Kier alpha value is -2.87. The van der Waals surface area contributed by atoms with Crippen LogP contribution in [0.25, 0.3) is 0 Å². The number of carboxylic acids is 2. The molecule has 0 fully saturated rings. The zero-order valence-electron chi connectivity index (χ0n) is 16.1. The van der Waals surface area contributed by atoms with Gasteiger partial charge in [-0.2, -0.15) is 0 Å². The monoisotopic (exact) mass is 452 g/mol. The van der Waals surface area contributed by atoms with E-state index in [1.165, 1.54) is 0 Å². The lowest BCUT2D eigenvalue weighted by atomic mass is 9.85. The van der Waals surface area contributed by atoms with E-state index in [0.29, 0.717) is 28.6 Å². The van der Waals surface area contributed by atoms with E-state index >= 15 is 0 Å². The first-order valence-corrected chi connectivity index (χ1v) is 9.47. The zero-order valence-corrected chi connectivity index (χ0v) is 17.7. The number of halogens is 2. The van der Waals surface area contributed by atoms with Crippen LogP contribution in [0.2, 0.25) is 10.0 Å². The fourth-order valence-corrected chi connectivity index (χ4v) is 2.90. The minimum absolute atomic E-state index is 0.0518. The van der Waals surface area contributed by atoms with Crippen molar-refractivity contribution in [2.75, 3.05) is 6.54 Å². The van der Waals surface area contributed by atoms with E-state index < -0.39 is 17.5 Å². The van der Waals surface area contributed by atoms with Crippen LogP contribution in [0.15, 0.2) is 60.7 Å². The standard InChI is InChI=1S/C17H18Cl2N2O.C4H4O4/c1-17(21-16(22)11-20,13-5-3-2-4-6-13)10-12-7-8-14(18)15(19)9-12;5-3(6)1-2-4(7)8/h2-9H,10-11,20H2,1H3,(H,21,22);1-2H,(H,5,6)(H,7,8)/b;2-1-. The van der Waals surface area contributed by atoms with Crippen LogP contribution >= 0.6 is 23.2 Å². The Morgan fingerprint density at radius 1 is 1.00 bits per heavy atom. The number of hydrogen-bond donors (Lipinski definition) is 4. The molecule has 2 aromatic rings. The van der Waals surface area contributed by atoms with Crippen molar-refractivity contribution in [2.45, 2.75) is 18.9 Å². The average Bonchev–Trinajstić information content (AvgIpc) is 2.70. The maximum Gasteiger partial charge on any atom is 0.328 e. The van der Waals surface area contributed by atoms with Crippen molar-refractivity contribution in [3.05, 3.63) is 81.9 Å². The number of aliphatic carboxylic acids is 2. The van der Waals surface area contributed by atoms with E-state index in [0.717, 1.165) is 11.1 Å². The molecule has 0 aliphatic rings. The minimum Gasteiger partial charge on any atom is -0.478 e. The zero-order chi connectivity index (χ0) is 22.7. The number of benzene rings is 2. The fourth-order valence-electron chi connectivity index (χ4n) is 2.58. The van der Waals surface area contributed by atoms with Crippen LogP contribution in [0.4, 0.5) is 0 Å². The molecule has 1 amide bonds. The van der Waals surface area contributed by atoms with Crippen molar-refractivity contribution in [1.82, 2.24) is 5.32 Å². The van der Waals surface area contributed by atoms with E-state index in [4.69, 9.17) is 39.1 Å².